The first-order valence-corrected chi connectivity index (χ1v) is 7.91. The summed E-state index contributed by atoms with van der Waals surface area (Å²) in [6.07, 6.45) is 1.92. The van der Waals surface area contributed by atoms with Crippen LogP contribution in [0.1, 0.15) is 35.3 Å². The van der Waals surface area contributed by atoms with Crippen molar-refractivity contribution in [2.45, 2.75) is 32.4 Å². The Morgan fingerprint density at radius 2 is 2.05 bits per heavy atom. The van der Waals surface area contributed by atoms with Gasteiger partial charge >= 0.3 is 0 Å². The van der Waals surface area contributed by atoms with Crippen molar-refractivity contribution in [1.82, 2.24) is 9.88 Å². The summed E-state index contributed by atoms with van der Waals surface area (Å²) in [5.74, 6) is 1.05. The topological polar surface area (TPSA) is 45.3 Å². The average molecular weight is 296 g/mol. The molecule has 114 valence electrons. The zero-order valence-corrected chi connectivity index (χ0v) is 12.8. The monoisotopic (exact) mass is 296 g/mol. The quantitative estimate of drug-likeness (QED) is 0.926. The van der Waals surface area contributed by atoms with Crippen LogP contribution in [0.4, 0.5) is 0 Å². The lowest BCUT2D eigenvalue weighted by Crippen LogP contribution is -2.34. The number of fused-ring (bicyclic) bond motifs is 2. The van der Waals surface area contributed by atoms with Gasteiger partial charge < -0.3 is 9.72 Å². The van der Waals surface area contributed by atoms with Gasteiger partial charge in [0.2, 0.25) is 5.56 Å². The van der Waals surface area contributed by atoms with E-state index in [1.165, 1.54) is 16.7 Å². The average Bonchev–Trinajstić information content (AvgIpc) is 3.01. The zero-order valence-electron chi connectivity index (χ0n) is 12.8. The normalized spacial score (nSPS) is 18.4. The molecule has 0 saturated carbocycles. The number of benzene rings is 1. The van der Waals surface area contributed by atoms with E-state index in [0.29, 0.717) is 6.04 Å². The predicted molar refractivity (Wildman–Crippen MR) is 85.2 cm³/mol. The Morgan fingerprint density at radius 3 is 2.95 bits per heavy atom. The number of aromatic amines is 1. The summed E-state index contributed by atoms with van der Waals surface area (Å²) in [6.45, 7) is 4.89. The highest BCUT2D eigenvalue weighted by molar-refractivity contribution is 5.41. The van der Waals surface area contributed by atoms with Crippen LogP contribution in [0.2, 0.25) is 0 Å². The van der Waals surface area contributed by atoms with E-state index in [1.54, 1.807) is 6.07 Å². The van der Waals surface area contributed by atoms with E-state index in [2.05, 4.69) is 35.0 Å². The fourth-order valence-electron chi connectivity index (χ4n) is 3.46. The molecule has 0 aliphatic carbocycles. The van der Waals surface area contributed by atoms with Crippen molar-refractivity contribution in [2.75, 3.05) is 13.2 Å². The van der Waals surface area contributed by atoms with Crippen molar-refractivity contribution in [3.8, 4) is 5.75 Å². The Balaban J connectivity index is 1.57. The first kappa shape index (κ1) is 13.6. The third kappa shape index (κ3) is 2.33. The molecule has 22 heavy (non-hydrogen) atoms. The molecule has 0 fully saturated rings. The molecule has 2 aliphatic rings. The van der Waals surface area contributed by atoms with E-state index in [9.17, 15) is 4.79 Å². The molecule has 1 aromatic carbocycles. The first-order valence-electron chi connectivity index (χ1n) is 7.91. The number of hydrogen-bond donors (Lipinski definition) is 1. The van der Waals surface area contributed by atoms with Crippen molar-refractivity contribution in [3.63, 3.8) is 0 Å². The molecule has 1 unspecified atom stereocenters. The highest BCUT2D eigenvalue weighted by atomic mass is 16.5. The van der Waals surface area contributed by atoms with Crippen LogP contribution in [0.3, 0.4) is 0 Å². The zero-order chi connectivity index (χ0) is 15.1. The molecule has 2 aliphatic heterocycles. The number of hydrogen-bond acceptors (Lipinski definition) is 3. The van der Waals surface area contributed by atoms with Crippen LogP contribution in [-0.4, -0.2) is 23.0 Å². The maximum absolute atomic E-state index is 11.4. The van der Waals surface area contributed by atoms with Crippen molar-refractivity contribution >= 4 is 0 Å². The molecule has 4 heteroatoms. The Kier molecular flexibility index (Phi) is 3.26. The van der Waals surface area contributed by atoms with Gasteiger partial charge in [0.05, 0.1) is 6.61 Å². The van der Waals surface area contributed by atoms with E-state index < -0.39 is 0 Å². The Bertz CT molecular complexity index is 766. The molecule has 1 N–H and O–H groups in total. The van der Waals surface area contributed by atoms with Gasteiger partial charge in [-0.05, 0) is 29.7 Å². The second-order valence-electron chi connectivity index (χ2n) is 6.19. The van der Waals surface area contributed by atoms with Crippen molar-refractivity contribution in [3.05, 3.63) is 63.1 Å². The van der Waals surface area contributed by atoms with Gasteiger partial charge in [0.15, 0.2) is 0 Å². The van der Waals surface area contributed by atoms with Gasteiger partial charge in [-0.2, -0.15) is 0 Å². The van der Waals surface area contributed by atoms with E-state index >= 15 is 0 Å². The second kappa shape index (κ2) is 5.29. The molecule has 3 heterocycles. The molecular weight excluding hydrogens is 276 g/mol. The third-order valence-corrected chi connectivity index (χ3v) is 4.87. The van der Waals surface area contributed by atoms with Crippen LogP contribution in [0.25, 0.3) is 0 Å². The minimum absolute atomic E-state index is 0.00369. The third-order valence-electron chi connectivity index (χ3n) is 4.87. The second-order valence-corrected chi connectivity index (χ2v) is 6.19. The van der Waals surface area contributed by atoms with Gasteiger partial charge in [-0.1, -0.05) is 18.2 Å². The lowest BCUT2D eigenvalue weighted by Gasteiger charge is -2.33. The van der Waals surface area contributed by atoms with Gasteiger partial charge in [0.1, 0.15) is 5.75 Å². The Labute approximate surface area is 129 Å². The summed E-state index contributed by atoms with van der Waals surface area (Å²) in [7, 11) is 0. The number of aromatic nitrogens is 1. The van der Waals surface area contributed by atoms with Crippen molar-refractivity contribution in [2.24, 2.45) is 0 Å². The van der Waals surface area contributed by atoms with E-state index in [-0.39, 0.29) is 5.56 Å². The van der Waals surface area contributed by atoms with E-state index in [0.717, 1.165) is 44.0 Å². The maximum Gasteiger partial charge on any atom is 0.248 e. The molecule has 1 atom stereocenters. The van der Waals surface area contributed by atoms with Crippen LogP contribution in [-0.2, 0) is 19.4 Å². The van der Waals surface area contributed by atoms with Crippen LogP contribution in [0.15, 0.2) is 35.1 Å². The largest absolute Gasteiger partial charge is 0.493 e. The minimum atomic E-state index is -0.00369. The van der Waals surface area contributed by atoms with Crippen LogP contribution in [0.5, 0.6) is 5.75 Å². The summed E-state index contributed by atoms with van der Waals surface area (Å²) >= 11 is 0. The Hall–Kier alpha value is -2.07. The molecule has 1 aromatic heterocycles. The fourth-order valence-corrected chi connectivity index (χ4v) is 3.46. The van der Waals surface area contributed by atoms with Gasteiger partial charge in [-0.25, -0.2) is 0 Å². The van der Waals surface area contributed by atoms with Gasteiger partial charge in [0, 0.05) is 43.7 Å². The van der Waals surface area contributed by atoms with Gasteiger partial charge in [0.25, 0.3) is 0 Å². The highest BCUT2D eigenvalue weighted by Crippen LogP contribution is 2.32. The number of pyridine rings is 1. The fraction of sp³-hybridized carbons (Fsp3) is 0.389. The standard InChI is InChI=1S/C18H20N2O2/c1-12(14-3-2-13-7-9-22-17(13)10-14)20-8-6-16-15(11-20)4-5-18(21)19-16/h2-5,10,12H,6-9,11H2,1H3,(H,19,21). The SMILES string of the molecule is CC(c1ccc2c(c1)OCC2)N1CCc2[nH]c(=O)ccc2C1. The highest BCUT2D eigenvalue weighted by Gasteiger charge is 2.23. The number of H-pyrrole nitrogens is 1. The Morgan fingerprint density at radius 1 is 1.18 bits per heavy atom. The number of nitrogens with one attached hydrogen (secondary N) is 1. The lowest BCUT2D eigenvalue weighted by molar-refractivity contribution is 0.190. The molecule has 0 spiro atoms. The number of rotatable bonds is 2. The predicted octanol–water partition coefficient (Wildman–Crippen LogP) is 2.43. The van der Waals surface area contributed by atoms with E-state index in [4.69, 9.17) is 4.74 Å². The van der Waals surface area contributed by atoms with Crippen LogP contribution >= 0.6 is 0 Å². The summed E-state index contributed by atoms with van der Waals surface area (Å²) in [5.41, 5.74) is 4.94. The molecular formula is C18H20N2O2. The summed E-state index contributed by atoms with van der Waals surface area (Å²) < 4.78 is 5.69. The molecule has 0 saturated heterocycles. The number of ether oxygens (including phenoxy) is 1. The molecule has 4 nitrogen and oxygen atoms in total. The van der Waals surface area contributed by atoms with Crippen LogP contribution < -0.4 is 10.3 Å². The maximum atomic E-state index is 11.4. The van der Waals surface area contributed by atoms with Crippen molar-refractivity contribution < 1.29 is 4.74 Å². The molecule has 2 aromatic rings. The summed E-state index contributed by atoms with van der Waals surface area (Å²) in [4.78, 5) is 16.8. The summed E-state index contributed by atoms with van der Waals surface area (Å²) in [5, 5.41) is 0. The van der Waals surface area contributed by atoms with Crippen LogP contribution in [0, 0.1) is 0 Å². The molecule has 0 amide bonds. The van der Waals surface area contributed by atoms with E-state index in [1.807, 2.05) is 6.07 Å². The molecule has 4 rings (SSSR count). The number of nitrogens with zero attached hydrogens (tertiary/aromatic N) is 1. The first-order chi connectivity index (χ1) is 10.7. The van der Waals surface area contributed by atoms with Gasteiger partial charge in [-0.15, -0.1) is 0 Å². The molecule has 0 bridgehead atoms. The lowest BCUT2D eigenvalue weighted by atomic mass is 9.99. The minimum Gasteiger partial charge on any atom is -0.493 e. The molecule has 0 radical (unpaired) electrons. The summed E-state index contributed by atoms with van der Waals surface area (Å²) in [6, 6.07) is 10.5. The smallest absolute Gasteiger partial charge is 0.248 e. The van der Waals surface area contributed by atoms with Gasteiger partial charge in [-0.3, -0.25) is 9.69 Å². The van der Waals surface area contributed by atoms with Crippen molar-refractivity contribution in [1.29, 1.82) is 0 Å².